The van der Waals surface area contributed by atoms with Crippen molar-refractivity contribution >= 4 is 17.8 Å². The van der Waals surface area contributed by atoms with Gasteiger partial charge in [0.1, 0.15) is 6.04 Å². The Balaban J connectivity index is 5.31. The van der Waals surface area contributed by atoms with Gasteiger partial charge >= 0.3 is 24.0 Å². The molecule has 6 nitrogen and oxygen atoms in total. The molecule has 0 aliphatic rings. The molecule has 146 valence electrons. The van der Waals surface area contributed by atoms with Crippen LogP contribution in [0.3, 0.4) is 0 Å². The van der Waals surface area contributed by atoms with Crippen LogP contribution in [-0.2, 0) is 19.1 Å². The fraction of sp³-hybridized carbons (Fsp3) is 0.750. The Labute approximate surface area is 136 Å². The molecule has 0 radical (unpaired) electrons. The first-order valence-corrected chi connectivity index (χ1v) is 6.68. The molecule has 0 saturated heterocycles. The monoisotopic (exact) mass is 384 g/mol. The van der Waals surface area contributed by atoms with Gasteiger partial charge in [0.05, 0.1) is 6.61 Å². The molecule has 1 amide bonds. The number of halogens is 7. The number of hydrogen-bond acceptors (Lipinski definition) is 5. The van der Waals surface area contributed by atoms with Crippen molar-refractivity contribution < 1.29 is 55.0 Å². The Morgan fingerprint density at radius 1 is 1.08 bits per heavy atom. The van der Waals surface area contributed by atoms with Crippen molar-refractivity contribution in [2.45, 2.75) is 50.2 Å². The minimum atomic E-state index is -6.76. The van der Waals surface area contributed by atoms with Crippen molar-refractivity contribution in [1.82, 2.24) is 5.32 Å². The fourth-order valence-electron chi connectivity index (χ4n) is 1.35. The van der Waals surface area contributed by atoms with E-state index in [1.807, 2.05) is 0 Å². The van der Waals surface area contributed by atoms with Crippen molar-refractivity contribution in [3.05, 3.63) is 0 Å². The zero-order valence-electron chi connectivity index (χ0n) is 12.6. The normalized spacial score (nSPS) is 13.9. The van der Waals surface area contributed by atoms with Gasteiger partial charge in [-0.15, -0.1) is 0 Å². The number of hydrogen-bond donors (Lipinski definition) is 1. The van der Waals surface area contributed by atoms with Gasteiger partial charge in [-0.1, -0.05) is 13.3 Å². The third-order valence-corrected chi connectivity index (χ3v) is 2.74. The fourth-order valence-corrected chi connectivity index (χ4v) is 1.35. The lowest BCUT2D eigenvalue weighted by molar-refractivity contribution is -0.344. The highest BCUT2D eigenvalue weighted by Crippen LogP contribution is 2.46. The molecule has 0 rings (SSSR count). The van der Waals surface area contributed by atoms with Crippen LogP contribution in [0.25, 0.3) is 0 Å². The lowest BCUT2D eigenvalue weighted by Gasteiger charge is -2.28. The van der Waals surface area contributed by atoms with E-state index >= 15 is 0 Å². The van der Waals surface area contributed by atoms with E-state index in [9.17, 15) is 50.2 Å². The van der Waals surface area contributed by atoms with Crippen LogP contribution in [0.2, 0.25) is 0 Å². The molecule has 25 heavy (non-hydrogen) atoms. The van der Waals surface area contributed by atoms with Crippen molar-refractivity contribution in [3.8, 4) is 0 Å². The number of unbranched alkanes of at least 4 members (excludes halogenated alkanes) is 1. The number of ether oxygens (including phenoxy) is 1. The number of carboxylic acids is 1. The number of carbonyl (C=O) groups is 3. The van der Waals surface area contributed by atoms with Gasteiger partial charge < -0.3 is 20.0 Å². The van der Waals surface area contributed by atoms with Crippen LogP contribution in [0.4, 0.5) is 30.7 Å². The summed E-state index contributed by atoms with van der Waals surface area (Å²) < 4.78 is 92.2. The molecule has 0 aromatic heterocycles. The summed E-state index contributed by atoms with van der Waals surface area (Å²) in [6.45, 7) is 1.35. The smallest absolute Gasteiger partial charge is 0.460 e. The number of esters is 1. The number of amides is 1. The Bertz CT molecular complexity index is 507. The van der Waals surface area contributed by atoms with Crippen LogP contribution >= 0.6 is 0 Å². The summed E-state index contributed by atoms with van der Waals surface area (Å²) in [6, 6.07) is -2.43. The SMILES string of the molecule is CCCCOC(=O)C(CC(=O)[O-])NC(=O)C(F)(F)C(F)(F)C(F)(F)F. The molecular weight excluding hydrogens is 371 g/mol. The maximum atomic E-state index is 13.2. The molecule has 0 spiro atoms. The molecule has 1 N–H and O–H groups in total. The van der Waals surface area contributed by atoms with Crippen LogP contribution < -0.4 is 10.4 Å². The lowest BCUT2D eigenvalue weighted by atomic mass is 10.1. The van der Waals surface area contributed by atoms with Crippen LogP contribution in [0.5, 0.6) is 0 Å². The molecule has 0 aliphatic heterocycles. The van der Waals surface area contributed by atoms with E-state index in [2.05, 4.69) is 4.74 Å². The Morgan fingerprint density at radius 2 is 1.60 bits per heavy atom. The van der Waals surface area contributed by atoms with Gasteiger partial charge in [-0.05, 0) is 6.42 Å². The van der Waals surface area contributed by atoms with E-state index < -0.39 is 48.3 Å². The highest BCUT2D eigenvalue weighted by molar-refractivity contribution is 5.91. The Kier molecular flexibility index (Phi) is 7.64. The summed E-state index contributed by atoms with van der Waals surface area (Å²) in [7, 11) is 0. The number of nitrogens with one attached hydrogen (secondary N) is 1. The summed E-state index contributed by atoms with van der Waals surface area (Å²) in [4.78, 5) is 33.0. The third-order valence-electron chi connectivity index (χ3n) is 2.74. The molecule has 13 heteroatoms. The lowest BCUT2D eigenvalue weighted by Crippen LogP contribution is -2.61. The van der Waals surface area contributed by atoms with E-state index in [0.717, 1.165) is 5.32 Å². The third kappa shape index (κ3) is 5.74. The zero-order chi connectivity index (χ0) is 20.1. The summed E-state index contributed by atoms with van der Waals surface area (Å²) in [5.74, 6) is -19.9. The summed E-state index contributed by atoms with van der Waals surface area (Å²) in [6.07, 6.45) is -7.47. The summed E-state index contributed by atoms with van der Waals surface area (Å²) in [5, 5.41) is 11.3. The quantitative estimate of drug-likeness (QED) is 0.360. The van der Waals surface area contributed by atoms with Crippen LogP contribution in [0.1, 0.15) is 26.2 Å². The topological polar surface area (TPSA) is 95.5 Å². The predicted molar refractivity (Wildman–Crippen MR) is 63.4 cm³/mol. The first kappa shape index (κ1) is 22.9. The first-order chi connectivity index (χ1) is 11.2. The van der Waals surface area contributed by atoms with Gasteiger partial charge in [0, 0.05) is 12.4 Å². The molecule has 0 heterocycles. The van der Waals surface area contributed by atoms with Gasteiger partial charge in [-0.25, -0.2) is 4.79 Å². The number of carboxylic acid groups (broad SMARTS) is 1. The van der Waals surface area contributed by atoms with Gasteiger partial charge in [0.25, 0.3) is 5.91 Å². The van der Waals surface area contributed by atoms with E-state index in [-0.39, 0.29) is 13.0 Å². The van der Waals surface area contributed by atoms with E-state index in [1.165, 1.54) is 0 Å². The van der Waals surface area contributed by atoms with Crippen LogP contribution in [0, 0.1) is 0 Å². The van der Waals surface area contributed by atoms with Gasteiger partial charge in [-0.2, -0.15) is 30.7 Å². The number of carbonyl (C=O) groups excluding carboxylic acids is 3. The molecule has 0 saturated carbocycles. The first-order valence-electron chi connectivity index (χ1n) is 6.68. The van der Waals surface area contributed by atoms with Crippen LogP contribution in [-0.4, -0.2) is 48.5 Å². The second kappa shape index (κ2) is 8.34. The van der Waals surface area contributed by atoms with E-state index in [1.54, 1.807) is 6.92 Å². The molecule has 0 fully saturated rings. The Hall–Kier alpha value is -2.08. The van der Waals surface area contributed by atoms with Crippen molar-refractivity contribution in [2.75, 3.05) is 6.61 Å². The standard InChI is InChI=1S/C12H14F7NO5/c1-2-3-4-25-8(23)6(5-7(21)22)20-9(24)10(13,14)11(15,16)12(17,18)19/h6H,2-5H2,1H3,(H,20,24)(H,21,22)/p-1. The zero-order valence-corrected chi connectivity index (χ0v) is 12.6. The highest BCUT2D eigenvalue weighted by atomic mass is 19.4. The van der Waals surface area contributed by atoms with Crippen molar-refractivity contribution in [2.24, 2.45) is 0 Å². The predicted octanol–water partition coefficient (Wildman–Crippen LogP) is 0.787. The van der Waals surface area contributed by atoms with Gasteiger partial charge in [0.15, 0.2) is 0 Å². The van der Waals surface area contributed by atoms with Crippen LogP contribution in [0.15, 0.2) is 0 Å². The molecule has 0 aromatic rings. The number of rotatable bonds is 9. The largest absolute Gasteiger partial charge is 0.550 e. The average Bonchev–Trinajstić information content (AvgIpc) is 2.44. The minimum Gasteiger partial charge on any atom is -0.550 e. The maximum Gasteiger partial charge on any atom is 0.460 e. The average molecular weight is 384 g/mol. The summed E-state index contributed by atoms with van der Waals surface area (Å²) in [5.41, 5.74) is 0. The highest BCUT2D eigenvalue weighted by Gasteiger charge is 2.76. The van der Waals surface area contributed by atoms with Gasteiger partial charge in [0.2, 0.25) is 0 Å². The molecule has 0 aromatic carbocycles. The second-order valence-electron chi connectivity index (χ2n) is 4.77. The van der Waals surface area contributed by atoms with E-state index in [4.69, 9.17) is 0 Å². The second-order valence-corrected chi connectivity index (χ2v) is 4.77. The number of aliphatic carboxylic acids is 1. The van der Waals surface area contributed by atoms with E-state index in [0.29, 0.717) is 6.42 Å². The summed E-state index contributed by atoms with van der Waals surface area (Å²) >= 11 is 0. The Morgan fingerprint density at radius 3 is 2.00 bits per heavy atom. The van der Waals surface area contributed by atoms with Crippen molar-refractivity contribution in [3.63, 3.8) is 0 Å². The molecule has 1 unspecified atom stereocenters. The minimum absolute atomic E-state index is 0.264. The van der Waals surface area contributed by atoms with Crippen molar-refractivity contribution in [1.29, 1.82) is 0 Å². The molecule has 0 bridgehead atoms. The molecule has 0 aliphatic carbocycles. The molecular formula is C12H13F7NO5-. The van der Waals surface area contributed by atoms with Gasteiger partial charge in [-0.3, -0.25) is 4.79 Å². The maximum absolute atomic E-state index is 13.2. The number of alkyl halides is 7. The molecule has 1 atom stereocenters.